The number of ether oxygens (including phenoxy) is 1. The Kier molecular flexibility index (Phi) is 4.65. The highest BCUT2D eigenvalue weighted by Gasteiger charge is 2.47. The van der Waals surface area contributed by atoms with Crippen LogP contribution in [0, 0.1) is 23.6 Å². The second-order valence-corrected chi connectivity index (χ2v) is 7.85. The summed E-state index contributed by atoms with van der Waals surface area (Å²) in [7, 11) is 0. The van der Waals surface area contributed by atoms with Gasteiger partial charge in [0.2, 0.25) is 0 Å². The Morgan fingerprint density at radius 1 is 0.889 bits per heavy atom. The van der Waals surface area contributed by atoms with Gasteiger partial charge >= 0.3 is 6.36 Å². The number of benzene rings is 2. The molecule has 5 heteroatoms. The van der Waals surface area contributed by atoms with Crippen LogP contribution in [0.1, 0.15) is 44.1 Å². The van der Waals surface area contributed by atoms with Crippen molar-refractivity contribution in [2.75, 3.05) is 0 Å². The molecular formula is C22H22F4O. The fourth-order valence-electron chi connectivity index (χ4n) is 4.71. The van der Waals surface area contributed by atoms with E-state index in [4.69, 9.17) is 0 Å². The SMILES string of the molecule is CC1C2CCC(c3ccc(-c4ccc(OC(F)(F)F)cc4)c(F)c3)CCC12. The predicted molar refractivity (Wildman–Crippen MR) is 95.9 cm³/mol. The molecule has 27 heavy (non-hydrogen) atoms. The summed E-state index contributed by atoms with van der Waals surface area (Å²) in [6, 6.07) is 10.6. The molecule has 0 bridgehead atoms. The van der Waals surface area contributed by atoms with Crippen molar-refractivity contribution in [3.8, 4) is 16.9 Å². The molecule has 0 N–H and O–H groups in total. The maximum atomic E-state index is 14.7. The van der Waals surface area contributed by atoms with Gasteiger partial charge in [-0.05, 0) is 78.7 Å². The highest BCUT2D eigenvalue weighted by molar-refractivity contribution is 5.65. The number of hydrogen-bond donors (Lipinski definition) is 0. The molecule has 0 saturated heterocycles. The third kappa shape index (κ3) is 3.97. The van der Waals surface area contributed by atoms with Gasteiger partial charge in [-0.15, -0.1) is 13.2 Å². The Bertz CT molecular complexity index is 798. The van der Waals surface area contributed by atoms with Gasteiger partial charge in [0, 0.05) is 5.56 Å². The minimum Gasteiger partial charge on any atom is -0.406 e. The van der Waals surface area contributed by atoms with E-state index in [2.05, 4.69) is 11.7 Å². The van der Waals surface area contributed by atoms with Gasteiger partial charge in [0.05, 0.1) is 0 Å². The van der Waals surface area contributed by atoms with Crippen molar-refractivity contribution in [1.29, 1.82) is 0 Å². The first-order chi connectivity index (χ1) is 12.8. The maximum absolute atomic E-state index is 14.7. The molecule has 2 fully saturated rings. The highest BCUT2D eigenvalue weighted by Crippen LogP contribution is 2.55. The van der Waals surface area contributed by atoms with Crippen LogP contribution in [0.3, 0.4) is 0 Å². The summed E-state index contributed by atoms with van der Waals surface area (Å²) in [5.41, 5.74) is 1.95. The summed E-state index contributed by atoms with van der Waals surface area (Å²) in [5.74, 6) is 2.33. The predicted octanol–water partition coefficient (Wildman–Crippen LogP) is 6.93. The smallest absolute Gasteiger partial charge is 0.406 e. The second kappa shape index (κ2) is 6.84. The van der Waals surface area contributed by atoms with Crippen LogP contribution in [-0.2, 0) is 0 Å². The van der Waals surface area contributed by atoms with Crippen molar-refractivity contribution in [1.82, 2.24) is 0 Å². The van der Waals surface area contributed by atoms with Crippen LogP contribution in [-0.4, -0.2) is 6.36 Å². The third-order valence-corrected chi connectivity index (χ3v) is 6.32. The van der Waals surface area contributed by atoms with E-state index in [0.717, 1.165) is 36.2 Å². The van der Waals surface area contributed by atoms with Crippen LogP contribution >= 0.6 is 0 Å². The fourth-order valence-corrected chi connectivity index (χ4v) is 4.71. The average molecular weight is 378 g/mol. The van der Waals surface area contributed by atoms with Gasteiger partial charge in [-0.3, -0.25) is 0 Å². The van der Waals surface area contributed by atoms with Gasteiger partial charge < -0.3 is 4.74 Å². The molecular weight excluding hydrogens is 356 g/mol. The lowest BCUT2D eigenvalue weighted by Crippen LogP contribution is -2.16. The van der Waals surface area contributed by atoms with Crippen LogP contribution in [0.2, 0.25) is 0 Å². The van der Waals surface area contributed by atoms with Crippen LogP contribution in [0.4, 0.5) is 17.6 Å². The number of halogens is 4. The Morgan fingerprint density at radius 3 is 2.07 bits per heavy atom. The highest BCUT2D eigenvalue weighted by atomic mass is 19.4. The first kappa shape index (κ1) is 18.3. The molecule has 0 spiro atoms. The Hall–Kier alpha value is -2.04. The van der Waals surface area contributed by atoms with Crippen LogP contribution in [0.5, 0.6) is 5.75 Å². The molecule has 144 valence electrons. The lowest BCUT2D eigenvalue weighted by Gasteiger charge is -2.17. The molecule has 2 unspecified atom stereocenters. The lowest BCUT2D eigenvalue weighted by atomic mass is 9.88. The molecule has 2 aromatic rings. The van der Waals surface area contributed by atoms with E-state index in [-0.39, 0.29) is 11.6 Å². The minimum absolute atomic E-state index is 0.311. The Labute approximate surface area is 156 Å². The Morgan fingerprint density at radius 2 is 1.52 bits per heavy atom. The van der Waals surface area contributed by atoms with Crippen LogP contribution in [0.15, 0.2) is 42.5 Å². The monoisotopic (exact) mass is 378 g/mol. The van der Waals surface area contributed by atoms with Crippen molar-refractivity contribution in [2.24, 2.45) is 17.8 Å². The molecule has 0 radical (unpaired) electrons. The van der Waals surface area contributed by atoms with Crippen molar-refractivity contribution in [3.05, 3.63) is 53.8 Å². The standard InChI is InChI=1S/C22H22F4O/c1-13-18-9-4-14(5-10-19(13)18)16-6-11-20(21(23)12-16)15-2-7-17(8-3-15)27-22(24,25)26/h2-3,6-8,11-14,18-19H,4-5,9-10H2,1H3. The summed E-state index contributed by atoms with van der Waals surface area (Å²) >= 11 is 0. The van der Waals surface area contributed by atoms with Crippen LogP contribution in [0.25, 0.3) is 11.1 Å². The molecule has 0 aromatic heterocycles. The molecule has 2 aliphatic rings. The first-order valence-electron chi connectivity index (χ1n) is 9.47. The van der Waals surface area contributed by atoms with Crippen molar-refractivity contribution in [3.63, 3.8) is 0 Å². The minimum atomic E-state index is -4.73. The number of fused-ring (bicyclic) bond motifs is 1. The molecule has 2 saturated carbocycles. The van der Waals surface area contributed by atoms with Gasteiger partial charge in [0.25, 0.3) is 0 Å². The summed E-state index contributed by atoms with van der Waals surface area (Å²) < 4.78 is 55.3. The van der Waals surface area contributed by atoms with Gasteiger partial charge in [0.15, 0.2) is 0 Å². The molecule has 2 aromatic carbocycles. The summed E-state index contributed by atoms with van der Waals surface area (Å²) in [5, 5.41) is 0. The van der Waals surface area contributed by atoms with E-state index in [9.17, 15) is 17.6 Å². The molecule has 2 atom stereocenters. The fraction of sp³-hybridized carbons (Fsp3) is 0.455. The average Bonchev–Trinajstić information content (AvgIpc) is 3.28. The normalized spacial score (nSPS) is 27.6. The molecule has 4 rings (SSSR count). The Balaban J connectivity index is 1.48. The van der Waals surface area contributed by atoms with E-state index in [1.54, 1.807) is 12.1 Å². The van der Waals surface area contributed by atoms with Gasteiger partial charge in [-0.1, -0.05) is 31.2 Å². The zero-order chi connectivity index (χ0) is 19.2. The molecule has 1 nitrogen and oxygen atoms in total. The van der Waals surface area contributed by atoms with Gasteiger partial charge in [0.1, 0.15) is 11.6 Å². The quantitative estimate of drug-likeness (QED) is 0.526. The van der Waals surface area contributed by atoms with Crippen molar-refractivity contribution in [2.45, 2.75) is 44.9 Å². The summed E-state index contributed by atoms with van der Waals surface area (Å²) in [6.45, 7) is 2.33. The third-order valence-electron chi connectivity index (χ3n) is 6.32. The molecule has 2 aliphatic carbocycles. The lowest BCUT2D eigenvalue weighted by molar-refractivity contribution is -0.274. The molecule has 0 aliphatic heterocycles. The maximum Gasteiger partial charge on any atom is 0.573 e. The number of hydrogen-bond acceptors (Lipinski definition) is 1. The molecule has 0 amide bonds. The van der Waals surface area contributed by atoms with E-state index < -0.39 is 6.36 Å². The molecule has 0 heterocycles. The topological polar surface area (TPSA) is 9.23 Å². The summed E-state index contributed by atoms with van der Waals surface area (Å²) in [4.78, 5) is 0. The largest absolute Gasteiger partial charge is 0.573 e. The first-order valence-corrected chi connectivity index (χ1v) is 9.47. The number of rotatable bonds is 3. The van der Waals surface area contributed by atoms with Crippen molar-refractivity contribution < 1.29 is 22.3 Å². The summed E-state index contributed by atoms with van der Waals surface area (Å²) in [6.07, 6.45) is -0.0753. The second-order valence-electron chi connectivity index (χ2n) is 7.85. The van der Waals surface area contributed by atoms with E-state index >= 15 is 0 Å². The van der Waals surface area contributed by atoms with E-state index in [0.29, 0.717) is 17.0 Å². The van der Waals surface area contributed by atoms with Crippen molar-refractivity contribution >= 4 is 0 Å². The zero-order valence-electron chi connectivity index (χ0n) is 15.1. The zero-order valence-corrected chi connectivity index (χ0v) is 15.1. The number of alkyl halides is 3. The van der Waals surface area contributed by atoms with Crippen LogP contribution < -0.4 is 4.74 Å². The van der Waals surface area contributed by atoms with E-state index in [1.807, 2.05) is 6.07 Å². The van der Waals surface area contributed by atoms with E-state index in [1.165, 1.54) is 37.1 Å². The van der Waals surface area contributed by atoms with Gasteiger partial charge in [-0.2, -0.15) is 0 Å². The van der Waals surface area contributed by atoms with Gasteiger partial charge in [-0.25, -0.2) is 4.39 Å².